The van der Waals surface area contributed by atoms with E-state index in [9.17, 15) is 4.79 Å². The van der Waals surface area contributed by atoms with Crippen LogP contribution >= 0.6 is 0 Å². The van der Waals surface area contributed by atoms with Crippen molar-refractivity contribution >= 4 is 16.9 Å². The maximum atomic E-state index is 11.6. The normalized spacial score (nSPS) is 11.3. The summed E-state index contributed by atoms with van der Waals surface area (Å²) in [6.45, 7) is 7.78. The molecule has 7 nitrogen and oxygen atoms in total. The van der Waals surface area contributed by atoms with Crippen LogP contribution in [-0.2, 0) is 0 Å². The second-order valence-electron chi connectivity index (χ2n) is 6.69. The molecule has 0 saturated heterocycles. The number of fused-ring (bicyclic) bond motifs is 1. The molecule has 0 radical (unpaired) electrons. The van der Waals surface area contributed by atoms with Crippen molar-refractivity contribution in [2.45, 2.75) is 27.7 Å². The van der Waals surface area contributed by atoms with Crippen molar-refractivity contribution in [3.8, 4) is 11.4 Å². The Morgan fingerprint density at radius 3 is 2.44 bits per heavy atom. The number of aromatic nitrogens is 5. The number of imidazole rings is 1. The lowest BCUT2D eigenvalue weighted by Crippen LogP contribution is -2.14. The van der Waals surface area contributed by atoms with E-state index in [0.717, 1.165) is 44.9 Å². The molecule has 27 heavy (non-hydrogen) atoms. The molecule has 136 valence electrons. The van der Waals surface area contributed by atoms with Gasteiger partial charge in [0.15, 0.2) is 5.65 Å². The van der Waals surface area contributed by atoms with Crippen molar-refractivity contribution in [1.82, 2.24) is 24.3 Å². The zero-order valence-corrected chi connectivity index (χ0v) is 15.7. The predicted molar refractivity (Wildman–Crippen MR) is 103 cm³/mol. The molecular weight excluding hydrogens is 340 g/mol. The second-order valence-corrected chi connectivity index (χ2v) is 6.69. The molecule has 4 rings (SSSR count). The minimum Gasteiger partial charge on any atom is -0.366 e. The molecule has 0 saturated carbocycles. The zero-order chi connectivity index (χ0) is 19.3. The van der Waals surface area contributed by atoms with E-state index in [0.29, 0.717) is 5.56 Å². The number of hydrogen-bond acceptors (Lipinski definition) is 4. The molecule has 3 aromatic heterocycles. The number of pyridine rings is 1. The van der Waals surface area contributed by atoms with Gasteiger partial charge in [0.05, 0.1) is 34.5 Å². The highest BCUT2D eigenvalue weighted by Crippen LogP contribution is 2.28. The quantitative estimate of drug-likeness (QED) is 0.608. The lowest BCUT2D eigenvalue weighted by atomic mass is 10.0. The van der Waals surface area contributed by atoms with Crippen molar-refractivity contribution in [3.05, 3.63) is 65.0 Å². The molecule has 0 aliphatic heterocycles. The van der Waals surface area contributed by atoms with E-state index in [1.54, 1.807) is 18.6 Å². The number of carbonyl (C=O) groups is 1. The summed E-state index contributed by atoms with van der Waals surface area (Å²) in [7, 11) is 0. The molecule has 1 amide bonds. The first-order valence-corrected chi connectivity index (χ1v) is 8.64. The molecule has 0 atom stereocenters. The van der Waals surface area contributed by atoms with E-state index in [4.69, 9.17) is 10.8 Å². The van der Waals surface area contributed by atoms with Gasteiger partial charge in [-0.2, -0.15) is 5.10 Å². The third kappa shape index (κ3) is 2.59. The third-order valence-electron chi connectivity index (χ3n) is 4.96. The monoisotopic (exact) mass is 360 g/mol. The van der Waals surface area contributed by atoms with Crippen LogP contribution in [0.25, 0.3) is 22.4 Å². The second kappa shape index (κ2) is 6.05. The molecule has 7 heteroatoms. The Balaban J connectivity index is 1.98. The first kappa shape index (κ1) is 17.0. The number of primary amides is 1. The molecular formula is C20H20N6O. The number of benzene rings is 1. The molecule has 4 aromatic rings. The lowest BCUT2D eigenvalue weighted by Gasteiger charge is -2.12. The van der Waals surface area contributed by atoms with Crippen molar-refractivity contribution in [3.63, 3.8) is 0 Å². The Morgan fingerprint density at radius 1 is 1.00 bits per heavy atom. The van der Waals surface area contributed by atoms with E-state index in [1.165, 1.54) is 0 Å². The first-order valence-electron chi connectivity index (χ1n) is 8.64. The molecule has 0 bridgehead atoms. The average molecular weight is 360 g/mol. The molecule has 1 aromatic carbocycles. The largest absolute Gasteiger partial charge is 0.366 e. The summed E-state index contributed by atoms with van der Waals surface area (Å²) in [5.41, 5.74) is 12.2. The first-order chi connectivity index (χ1) is 12.9. The molecule has 2 N–H and O–H groups in total. The van der Waals surface area contributed by atoms with Crippen LogP contribution in [0.1, 0.15) is 32.9 Å². The van der Waals surface area contributed by atoms with E-state index >= 15 is 0 Å². The zero-order valence-electron chi connectivity index (χ0n) is 15.7. The van der Waals surface area contributed by atoms with Gasteiger partial charge in [0.2, 0.25) is 5.91 Å². The van der Waals surface area contributed by atoms with Crippen molar-refractivity contribution in [2.75, 3.05) is 0 Å². The number of amides is 1. The maximum Gasteiger partial charge on any atom is 0.248 e. The van der Waals surface area contributed by atoms with Crippen molar-refractivity contribution in [2.24, 2.45) is 5.73 Å². The van der Waals surface area contributed by atoms with Crippen LogP contribution in [0.5, 0.6) is 0 Å². The fourth-order valence-corrected chi connectivity index (χ4v) is 3.43. The Hall–Kier alpha value is -3.48. The molecule has 0 spiro atoms. The van der Waals surface area contributed by atoms with Gasteiger partial charge in [0.25, 0.3) is 0 Å². The summed E-state index contributed by atoms with van der Waals surface area (Å²) in [6.07, 6.45) is 5.53. The summed E-state index contributed by atoms with van der Waals surface area (Å²) in [5.74, 6) is -0.431. The summed E-state index contributed by atoms with van der Waals surface area (Å²) in [5, 5.41) is 5.70. The van der Waals surface area contributed by atoms with Gasteiger partial charge in [0, 0.05) is 18.0 Å². The SMILES string of the molecule is Cc1cn(-c2ccnc3c2c(C)nn3-c2ccc(C(N)=O)c(C)c2C)cn1. The Bertz CT molecular complexity index is 1200. The van der Waals surface area contributed by atoms with Gasteiger partial charge in [-0.25, -0.2) is 14.6 Å². The Labute approximate surface area is 156 Å². The molecule has 0 fully saturated rings. The van der Waals surface area contributed by atoms with Crippen LogP contribution in [0, 0.1) is 27.7 Å². The van der Waals surface area contributed by atoms with Crippen LogP contribution < -0.4 is 5.73 Å². The highest BCUT2D eigenvalue weighted by atomic mass is 16.1. The van der Waals surface area contributed by atoms with Gasteiger partial charge < -0.3 is 10.3 Å². The predicted octanol–water partition coefficient (Wildman–Crippen LogP) is 2.94. The summed E-state index contributed by atoms with van der Waals surface area (Å²) in [6, 6.07) is 5.56. The van der Waals surface area contributed by atoms with Gasteiger partial charge in [-0.15, -0.1) is 0 Å². The van der Waals surface area contributed by atoms with Gasteiger partial charge in [-0.3, -0.25) is 4.79 Å². The summed E-state index contributed by atoms with van der Waals surface area (Å²) in [4.78, 5) is 20.5. The number of nitrogens with zero attached hydrogens (tertiary/aromatic N) is 5. The smallest absolute Gasteiger partial charge is 0.248 e. The van der Waals surface area contributed by atoms with Crippen molar-refractivity contribution in [1.29, 1.82) is 0 Å². The average Bonchev–Trinajstić information content (AvgIpc) is 3.21. The minimum absolute atomic E-state index is 0.431. The number of nitrogens with two attached hydrogens (primary N) is 1. The lowest BCUT2D eigenvalue weighted by molar-refractivity contribution is 0.0999. The maximum absolute atomic E-state index is 11.6. The van der Waals surface area contributed by atoms with Crippen LogP contribution in [0.4, 0.5) is 0 Å². The van der Waals surface area contributed by atoms with Gasteiger partial charge in [-0.05, 0) is 57.0 Å². The minimum atomic E-state index is -0.431. The van der Waals surface area contributed by atoms with Crippen LogP contribution in [0.15, 0.2) is 36.9 Å². The molecule has 0 aliphatic rings. The fourth-order valence-electron chi connectivity index (χ4n) is 3.43. The van der Waals surface area contributed by atoms with Crippen LogP contribution in [-0.4, -0.2) is 30.2 Å². The van der Waals surface area contributed by atoms with E-state index in [1.807, 2.05) is 55.3 Å². The summed E-state index contributed by atoms with van der Waals surface area (Å²) < 4.78 is 3.80. The Morgan fingerprint density at radius 2 is 1.78 bits per heavy atom. The van der Waals surface area contributed by atoms with Crippen LogP contribution in [0.2, 0.25) is 0 Å². The molecule has 0 aliphatic carbocycles. The van der Waals surface area contributed by atoms with Crippen molar-refractivity contribution < 1.29 is 4.79 Å². The Kier molecular flexibility index (Phi) is 3.80. The highest BCUT2D eigenvalue weighted by Gasteiger charge is 2.18. The number of carbonyl (C=O) groups excluding carboxylic acids is 1. The van der Waals surface area contributed by atoms with Gasteiger partial charge in [-0.1, -0.05) is 0 Å². The standard InChI is InChI=1S/C20H20N6O/c1-11-9-25(10-23-11)17-7-8-22-20-18(17)14(4)24-26(20)16-6-5-15(19(21)27)12(2)13(16)3/h5-10H,1-4H3,(H2,21,27). The van der Waals surface area contributed by atoms with E-state index in [-0.39, 0.29) is 0 Å². The fraction of sp³-hybridized carbons (Fsp3) is 0.200. The highest BCUT2D eigenvalue weighted by molar-refractivity contribution is 5.95. The topological polar surface area (TPSA) is 91.6 Å². The number of hydrogen-bond donors (Lipinski definition) is 1. The van der Waals surface area contributed by atoms with Crippen LogP contribution in [0.3, 0.4) is 0 Å². The molecule has 3 heterocycles. The number of rotatable bonds is 3. The van der Waals surface area contributed by atoms with Gasteiger partial charge >= 0.3 is 0 Å². The molecule has 0 unspecified atom stereocenters. The number of aryl methyl sites for hydroxylation is 2. The van der Waals surface area contributed by atoms with E-state index in [2.05, 4.69) is 9.97 Å². The van der Waals surface area contributed by atoms with E-state index < -0.39 is 5.91 Å². The third-order valence-corrected chi connectivity index (χ3v) is 4.96. The summed E-state index contributed by atoms with van der Waals surface area (Å²) >= 11 is 0. The van der Waals surface area contributed by atoms with Gasteiger partial charge in [0.1, 0.15) is 0 Å².